The SMILES string of the molecule is Cc1cc(C)cc(N(CCC(=O)Oc2ccc3c(C)cc(=O)oc3c2)S(=O)(=O)c2ccc(Cl)cc2)c1. The van der Waals surface area contributed by atoms with Gasteiger partial charge in [-0.05, 0) is 86.0 Å². The highest BCUT2D eigenvalue weighted by molar-refractivity contribution is 7.92. The largest absolute Gasteiger partial charge is 0.426 e. The van der Waals surface area contributed by atoms with Gasteiger partial charge in [0.1, 0.15) is 11.3 Å². The van der Waals surface area contributed by atoms with E-state index in [1.165, 1.54) is 40.7 Å². The molecule has 7 nitrogen and oxygen atoms in total. The number of halogens is 1. The Morgan fingerprint density at radius 3 is 2.28 bits per heavy atom. The molecule has 0 bridgehead atoms. The molecule has 1 aromatic heterocycles. The van der Waals surface area contributed by atoms with Crippen molar-refractivity contribution in [3.63, 3.8) is 0 Å². The predicted molar refractivity (Wildman–Crippen MR) is 139 cm³/mol. The minimum atomic E-state index is -3.99. The van der Waals surface area contributed by atoms with Gasteiger partial charge in [0.15, 0.2) is 0 Å². The van der Waals surface area contributed by atoms with Crippen LogP contribution in [0.4, 0.5) is 5.69 Å². The molecule has 3 aromatic carbocycles. The topological polar surface area (TPSA) is 93.9 Å². The third-order valence-corrected chi connectivity index (χ3v) is 7.66. The van der Waals surface area contributed by atoms with Crippen LogP contribution < -0.4 is 14.7 Å². The van der Waals surface area contributed by atoms with E-state index in [1.807, 2.05) is 19.9 Å². The highest BCUT2D eigenvalue weighted by Gasteiger charge is 2.26. The van der Waals surface area contributed by atoms with Crippen molar-refractivity contribution in [3.05, 3.63) is 98.9 Å². The maximum absolute atomic E-state index is 13.5. The lowest BCUT2D eigenvalue weighted by atomic mass is 10.1. The number of hydrogen-bond donors (Lipinski definition) is 0. The summed E-state index contributed by atoms with van der Waals surface area (Å²) in [6, 6.07) is 17.4. The first-order chi connectivity index (χ1) is 17.0. The summed E-state index contributed by atoms with van der Waals surface area (Å²) in [5, 5.41) is 1.14. The molecule has 1 heterocycles. The van der Waals surface area contributed by atoms with E-state index in [2.05, 4.69) is 0 Å². The van der Waals surface area contributed by atoms with E-state index in [9.17, 15) is 18.0 Å². The van der Waals surface area contributed by atoms with E-state index in [0.717, 1.165) is 22.1 Å². The molecule has 0 fully saturated rings. The van der Waals surface area contributed by atoms with Crippen molar-refractivity contribution in [1.82, 2.24) is 0 Å². The quantitative estimate of drug-likeness (QED) is 0.178. The van der Waals surface area contributed by atoms with Gasteiger partial charge >= 0.3 is 11.6 Å². The fourth-order valence-electron chi connectivity index (χ4n) is 3.96. The molecule has 4 rings (SSSR count). The van der Waals surface area contributed by atoms with Crippen molar-refractivity contribution < 1.29 is 22.4 Å². The van der Waals surface area contributed by atoms with E-state index in [0.29, 0.717) is 16.3 Å². The summed E-state index contributed by atoms with van der Waals surface area (Å²) in [7, 11) is -3.99. The Balaban J connectivity index is 1.59. The number of esters is 1. The van der Waals surface area contributed by atoms with Crippen LogP contribution in [0.15, 0.2) is 80.8 Å². The van der Waals surface area contributed by atoms with E-state index in [-0.39, 0.29) is 23.6 Å². The molecule has 4 aromatic rings. The van der Waals surface area contributed by atoms with Gasteiger partial charge in [-0.15, -0.1) is 0 Å². The Labute approximate surface area is 213 Å². The van der Waals surface area contributed by atoms with Crippen LogP contribution in [0.25, 0.3) is 11.0 Å². The minimum Gasteiger partial charge on any atom is -0.426 e. The van der Waals surface area contributed by atoms with Gasteiger partial charge < -0.3 is 9.15 Å². The van der Waals surface area contributed by atoms with Crippen LogP contribution in [0.1, 0.15) is 23.1 Å². The summed E-state index contributed by atoms with van der Waals surface area (Å²) in [4.78, 5) is 24.4. The first-order valence-corrected chi connectivity index (χ1v) is 13.0. The van der Waals surface area contributed by atoms with Gasteiger partial charge in [0.05, 0.1) is 17.0 Å². The van der Waals surface area contributed by atoms with Crippen LogP contribution >= 0.6 is 11.6 Å². The molecule has 0 aliphatic heterocycles. The third kappa shape index (κ3) is 5.61. The number of hydrogen-bond acceptors (Lipinski definition) is 6. The number of anilines is 1. The molecule has 36 heavy (non-hydrogen) atoms. The molecule has 0 N–H and O–H groups in total. The number of benzene rings is 3. The molecule has 0 aliphatic carbocycles. The number of sulfonamides is 1. The molecule has 0 saturated heterocycles. The van der Waals surface area contributed by atoms with Crippen LogP contribution in [0.5, 0.6) is 5.75 Å². The molecule has 0 spiro atoms. The normalized spacial score (nSPS) is 11.4. The molecule has 0 amide bonds. The molecular weight excluding hydrogens is 502 g/mol. The van der Waals surface area contributed by atoms with Crippen LogP contribution in [0, 0.1) is 20.8 Å². The first kappa shape index (κ1) is 25.5. The first-order valence-electron chi connectivity index (χ1n) is 11.1. The van der Waals surface area contributed by atoms with Crippen LogP contribution in [-0.2, 0) is 14.8 Å². The zero-order valence-electron chi connectivity index (χ0n) is 19.9. The summed E-state index contributed by atoms with van der Waals surface area (Å²) < 4.78 is 38.9. The molecule has 186 valence electrons. The van der Waals surface area contributed by atoms with Crippen molar-refractivity contribution >= 4 is 44.3 Å². The number of nitrogens with zero attached hydrogens (tertiary/aromatic N) is 1. The zero-order valence-corrected chi connectivity index (χ0v) is 21.5. The van der Waals surface area contributed by atoms with E-state index >= 15 is 0 Å². The third-order valence-electron chi connectivity index (χ3n) is 5.57. The van der Waals surface area contributed by atoms with Crippen LogP contribution in [0.2, 0.25) is 5.02 Å². The van der Waals surface area contributed by atoms with Gasteiger partial charge in [0, 0.05) is 29.1 Å². The van der Waals surface area contributed by atoms with E-state index in [4.69, 9.17) is 20.8 Å². The van der Waals surface area contributed by atoms with Gasteiger partial charge in [-0.2, -0.15) is 0 Å². The summed E-state index contributed by atoms with van der Waals surface area (Å²) in [5.41, 5.74) is 2.76. The Morgan fingerprint density at radius 2 is 1.61 bits per heavy atom. The van der Waals surface area contributed by atoms with E-state index < -0.39 is 21.6 Å². The fraction of sp³-hybridized carbons (Fsp3) is 0.185. The van der Waals surface area contributed by atoms with Crippen LogP contribution in [0.3, 0.4) is 0 Å². The van der Waals surface area contributed by atoms with Crippen molar-refractivity contribution in [1.29, 1.82) is 0 Å². The van der Waals surface area contributed by atoms with Gasteiger partial charge in [-0.1, -0.05) is 17.7 Å². The fourth-order valence-corrected chi connectivity index (χ4v) is 5.54. The molecule has 0 saturated carbocycles. The highest BCUT2D eigenvalue weighted by Crippen LogP contribution is 2.28. The Morgan fingerprint density at radius 1 is 0.944 bits per heavy atom. The lowest BCUT2D eigenvalue weighted by Crippen LogP contribution is -2.33. The average Bonchev–Trinajstić information content (AvgIpc) is 2.78. The Bertz CT molecular complexity index is 1590. The Hall–Kier alpha value is -3.62. The smallest absolute Gasteiger partial charge is 0.336 e. The standard InChI is InChI=1S/C27H24ClNO6S/c1-17-12-18(2)14-21(13-17)29(36(32,33)23-7-4-20(28)5-8-23)11-10-26(30)34-22-6-9-24-19(3)15-27(31)35-25(24)16-22/h4-9,12-16H,10-11H2,1-3H3. The number of ether oxygens (including phenoxy) is 1. The monoisotopic (exact) mass is 525 g/mol. The number of aryl methyl sites for hydroxylation is 3. The van der Waals surface area contributed by atoms with Gasteiger partial charge in [0.2, 0.25) is 0 Å². The zero-order chi connectivity index (χ0) is 26.0. The summed E-state index contributed by atoms with van der Waals surface area (Å²) >= 11 is 5.94. The Kier molecular flexibility index (Phi) is 7.19. The van der Waals surface area contributed by atoms with Gasteiger partial charge in [0.25, 0.3) is 10.0 Å². The lowest BCUT2D eigenvalue weighted by molar-refractivity contribution is -0.134. The number of carbonyl (C=O) groups excluding carboxylic acids is 1. The lowest BCUT2D eigenvalue weighted by Gasteiger charge is -2.25. The number of carbonyl (C=O) groups is 1. The summed E-state index contributed by atoms with van der Waals surface area (Å²) in [5.74, 6) is -0.440. The van der Waals surface area contributed by atoms with Crippen molar-refractivity contribution in [2.24, 2.45) is 0 Å². The van der Waals surface area contributed by atoms with Crippen molar-refractivity contribution in [3.8, 4) is 5.75 Å². The highest BCUT2D eigenvalue weighted by atomic mass is 35.5. The molecule has 0 atom stereocenters. The van der Waals surface area contributed by atoms with Crippen LogP contribution in [-0.4, -0.2) is 20.9 Å². The number of fused-ring (bicyclic) bond motifs is 1. The molecule has 0 radical (unpaired) electrons. The molecular formula is C27H24ClNO6S. The molecule has 0 aliphatic rings. The predicted octanol–water partition coefficient (Wildman–Crippen LogP) is 5.56. The maximum atomic E-state index is 13.5. The minimum absolute atomic E-state index is 0.0550. The summed E-state index contributed by atoms with van der Waals surface area (Å²) in [6.45, 7) is 5.39. The second-order valence-corrected chi connectivity index (χ2v) is 10.8. The molecule has 9 heteroatoms. The average molecular weight is 526 g/mol. The maximum Gasteiger partial charge on any atom is 0.336 e. The van der Waals surface area contributed by atoms with Crippen molar-refractivity contribution in [2.45, 2.75) is 32.1 Å². The van der Waals surface area contributed by atoms with Crippen molar-refractivity contribution in [2.75, 3.05) is 10.8 Å². The van der Waals surface area contributed by atoms with Gasteiger partial charge in [-0.3, -0.25) is 9.10 Å². The number of rotatable bonds is 7. The second-order valence-electron chi connectivity index (χ2n) is 8.51. The van der Waals surface area contributed by atoms with E-state index in [1.54, 1.807) is 31.2 Å². The summed E-state index contributed by atoms with van der Waals surface area (Å²) in [6.07, 6.45) is -0.213. The van der Waals surface area contributed by atoms with Gasteiger partial charge in [-0.25, -0.2) is 13.2 Å². The molecule has 0 unspecified atom stereocenters. The second kappa shape index (κ2) is 10.2.